The molecular weight excluding hydrogens is 194 g/mol. The molecule has 0 aliphatic heterocycles. The number of hydrogen-bond acceptors (Lipinski definition) is 2. The predicted molar refractivity (Wildman–Crippen MR) is 45.2 cm³/mol. The first-order valence-electron chi connectivity index (χ1n) is 4.68. The summed E-state index contributed by atoms with van der Waals surface area (Å²) in [4.78, 5) is 10.3. The average molecular weight is 208 g/mol. The molecule has 3 nitrogen and oxygen atoms in total. The van der Waals surface area contributed by atoms with Crippen LogP contribution in [-0.2, 0) is 4.79 Å². The lowest BCUT2D eigenvalue weighted by Gasteiger charge is -2.30. The topological polar surface area (TPSA) is 57.5 Å². The molecule has 1 saturated carbocycles. The Kier molecular flexibility index (Phi) is 3.42. The van der Waals surface area contributed by atoms with Crippen molar-refractivity contribution in [1.29, 1.82) is 0 Å². The zero-order valence-electron chi connectivity index (χ0n) is 7.75. The second kappa shape index (κ2) is 4.21. The van der Waals surface area contributed by atoms with Gasteiger partial charge in [-0.25, -0.2) is 8.78 Å². The van der Waals surface area contributed by atoms with Gasteiger partial charge in [-0.05, 0) is 18.8 Å². The summed E-state index contributed by atoms with van der Waals surface area (Å²) >= 11 is 0. The summed E-state index contributed by atoms with van der Waals surface area (Å²) in [6.07, 6.45) is -1.40. The molecule has 0 aromatic rings. The molecule has 1 aliphatic rings. The molecule has 0 spiro atoms. The molecule has 0 radical (unpaired) electrons. The number of aliphatic hydroxyl groups is 1. The monoisotopic (exact) mass is 208 g/mol. The summed E-state index contributed by atoms with van der Waals surface area (Å²) in [6, 6.07) is 0. The van der Waals surface area contributed by atoms with Crippen LogP contribution in [-0.4, -0.2) is 28.2 Å². The van der Waals surface area contributed by atoms with E-state index in [1.807, 2.05) is 0 Å². The second-order valence-corrected chi connectivity index (χ2v) is 3.86. The Bertz CT molecular complexity index is 208. The van der Waals surface area contributed by atoms with E-state index in [0.29, 0.717) is 0 Å². The maximum atomic E-state index is 12.7. The summed E-state index contributed by atoms with van der Waals surface area (Å²) in [5.41, 5.74) is 0. The van der Waals surface area contributed by atoms with Crippen LogP contribution in [0.4, 0.5) is 8.78 Å². The molecule has 0 aromatic carbocycles. The van der Waals surface area contributed by atoms with Gasteiger partial charge >= 0.3 is 5.97 Å². The fourth-order valence-electron chi connectivity index (χ4n) is 1.79. The molecule has 1 aliphatic carbocycles. The summed E-state index contributed by atoms with van der Waals surface area (Å²) in [5, 5.41) is 17.8. The van der Waals surface area contributed by atoms with Crippen LogP contribution in [0.25, 0.3) is 0 Å². The molecule has 0 bridgehead atoms. The van der Waals surface area contributed by atoms with Crippen molar-refractivity contribution in [1.82, 2.24) is 0 Å². The number of rotatable bonds is 3. The minimum Gasteiger partial charge on any atom is -0.481 e. The number of halogens is 2. The van der Waals surface area contributed by atoms with Gasteiger partial charge in [-0.15, -0.1) is 0 Å². The van der Waals surface area contributed by atoms with Crippen LogP contribution in [0.15, 0.2) is 0 Å². The molecule has 2 N–H and O–H groups in total. The predicted octanol–water partition coefficient (Wildman–Crippen LogP) is 1.65. The number of carbonyl (C=O) groups is 1. The van der Waals surface area contributed by atoms with Crippen LogP contribution in [0.2, 0.25) is 0 Å². The molecule has 1 rings (SSSR count). The zero-order chi connectivity index (χ0) is 10.8. The average Bonchev–Trinajstić information content (AvgIpc) is 2.02. The standard InChI is InChI=1S/C9H14F2O3/c10-9(11)3-1-6(2-4-9)7(12)5-8(13)14/h6-7,12H,1-5H2,(H,13,14)/t7-/m0/s1. The van der Waals surface area contributed by atoms with Crippen LogP contribution in [0, 0.1) is 5.92 Å². The van der Waals surface area contributed by atoms with E-state index >= 15 is 0 Å². The van der Waals surface area contributed by atoms with Gasteiger partial charge in [-0.1, -0.05) is 0 Å². The highest BCUT2D eigenvalue weighted by atomic mass is 19.3. The Morgan fingerprint density at radius 2 is 1.93 bits per heavy atom. The van der Waals surface area contributed by atoms with Gasteiger partial charge in [0.15, 0.2) is 0 Å². The number of carboxylic acid groups (broad SMARTS) is 1. The van der Waals surface area contributed by atoms with Crippen LogP contribution < -0.4 is 0 Å². The Morgan fingerprint density at radius 1 is 1.43 bits per heavy atom. The Hall–Kier alpha value is -0.710. The number of alkyl halides is 2. The lowest BCUT2D eigenvalue weighted by Crippen LogP contribution is -2.32. The van der Waals surface area contributed by atoms with E-state index < -0.39 is 18.0 Å². The molecule has 0 unspecified atom stereocenters. The summed E-state index contributed by atoms with van der Waals surface area (Å²) in [6.45, 7) is 0. The van der Waals surface area contributed by atoms with Crippen molar-refractivity contribution < 1.29 is 23.8 Å². The summed E-state index contributed by atoms with van der Waals surface area (Å²) < 4.78 is 25.4. The number of aliphatic carboxylic acids is 1. The van der Waals surface area contributed by atoms with E-state index in [1.54, 1.807) is 0 Å². The van der Waals surface area contributed by atoms with Crippen molar-refractivity contribution in [3.63, 3.8) is 0 Å². The lowest BCUT2D eigenvalue weighted by molar-refractivity contribution is -0.140. The second-order valence-electron chi connectivity index (χ2n) is 3.86. The van der Waals surface area contributed by atoms with Gasteiger partial charge < -0.3 is 10.2 Å². The van der Waals surface area contributed by atoms with Crippen LogP contribution in [0.1, 0.15) is 32.1 Å². The number of hydrogen-bond donors (Lipinski definition) is 2. The summed E-state index contributed by atoms with van der Waals surface area (Å²) in [5.74, 6) is -4.00. The third-order valence-corrected chi connectivity index (χ3v) is 2.69. The highest BCUT2D eigenvalue weighted by Gasteiger charge is 2.37. The van der Waals surface area contributed by atoms with E-state index in [9.17, 15) is 18.7 Å². The zero-order valence-corrected chi connectivity index (χ0v) is 7.75. The number of aliphatic hydroxyl groups excluding tert-OH is 1. The van der Waals surface area contributed by atoms with Crippen molar-refractivity contribution >= 4 is 5.97 Å². The van der Waals surface area contributed by atoms with Crippen molar-refractivity contribution in [3.05, 3.63) is 0 Å². The maximum Gasteiger partial charge on any atom is 0.305 e. The molecule has 5 heteroatoms. The first kappa shape index (κ1) is 11.4. The van der Waals surface area contributed by atoms with E-state index in [0.717, 1.165) is 0 Å². The van der Waals surface area contributed by atoms with Gasteiger partial charge in [0.25, 0.3) is 0 Å². The Balaban J connectivity index is 2.37. The number of carboxylic acids is 1. The van der Waals surface area contributed by atoms with E-state index in [1.165, 1.54) is 0 Å². The normalized spacial score (nSPS) is 24.5. The van der Waals surface area contributed by atoms with E-state index in [-0.39, 0.29) is 38.0 Å². The van der Waals surface area contributed by atoms with Gasteiger partial charge in [0.1, 0.15) is 0 Å². The molecule has 0 amide bonds. The van der Waals surface area contributed by atoms with Crippen LogP contribution in [0.3, 0.4) is 0 Å². The Morgan fingerprint density at radius 3 is 2.36 bits per heavy atom. The summed E-state index contributed by atoms with van der Waals surface area (Å²) in [7, 11) is 0. The van der Waals surface area contributed by atoms with Crippen molar-refractivity contribution in [3.8, 4) is 0 Å². The highest BCUT2D eigenvalue weighted by molar-refractivity contribution is 5.67. The quantitative estimate of drug-likeness (QED) is 0.741. The molecule has 1 fully saturated rings. The fraction of sp³-hybridized carbons (Fsp3) is 0.889. The lowest BCUT2D eigenvalue weighted by atomic mass is 9.82. The molecule has 1 atom stereocenters. The van der Waals surface area contributed by atoms with Gasteiger partial charge in [-0.2, -0.15) is 0 Å². The van der Waals surface area contributed by atoms with Crippen LogP contribution >= 0.6 is 0 Å². The SMILES string of the molecule is O=C(O)C[C@H](O)C1CCC(F)(F)CC1. The minimum atomic E-state index is -2.63. The van der Waals surface area contributed by atoms with Gasteiger partial charge in [0.2, 0.25) is 5.92 Å². The largest absolute Gasteiger partial charge is 0.481 e. The van der Waals surface area contributed by atoms with Gasteiger partial charge in [-0.3, -0.25) is 4.79 Å². The maximum absolute atomic E-state index is 12.7. The molecule has 14 heavy (non-hydrogen) atoms. The molecule has 0 heterocycles. The Labute approximate surface area is 80.7 Å². The van der Waals surface area contributed by atoms with E-state index in [2.05, 4.69) is 0 Å². The fourth-order valence-corrected chi connectivity index (χ4v) is 1.79. The van der Waals surface area contributed by atoms with Crippen molar-refractivity contribution in [2.45, 2.75) is 44.1 Å². The van der Waals surface area contributed by atoms with Gasteiger partial charge in [0, 0.05) is 12.8 Å². The van der Waals surface area contributed by atoms with E-state index in [4.69, 9.17) is 5.11 Å². The highest BCUT2D eigenvalue weighted by Crippen LogP contribution is 2.37. The van der Waals surface area contributed by atoms with Crippen LogP contribution in [0.5, 0.6) is 0 Å². The van der Waals surface area contributed by atoms with Gasteiger partial charge in [0.05, 0.1) is 12.5 Å². The smallest absolute Gasteiger partial charge is 0.305 e. The third kappa shape index (κ3) is 3.21. The first-order chi connectivity index (χ1) is 6.41. The molecule has 0 aromatic heterocycles. The minimum absolute atomic E-state index is 0.210. The molecular formula is C9H14F2O3. The van der Waals surface area contributed by atoms with Crippen molar-refractivity contribution in [2.75, 3.05) is 0 Å². The molecule has 82 valence electrons. The molecule has 0 saturated heterocycles. The van der Waals surface area contributed by atoms with Crippen molar-refractivity contribution in [2.24, 2.45) is 5.92 Å². The first-order valence-corrected chi connectivity index (χ1v) is 4.68. The third-order valence-electron chi connectivity index (χ3n) is 2.69.